The standard InChI is InChI=1S/C27H52N2O/c1-5-9-12-17-21-25(20-15-10-6-2)27(30)29-24-19-14-13-18-23-28-26(8-4)22-16-11-7-3/h25-26,28H,5-12,15-24H2,1-4H3,(H,29,30). The molecule has 0 aromatic carbocycles. The van der Waals surface area contributed by atoms with Gasteiger partial charge >= 0.3 is 0 Å². The topological polar surface area (TPSA) is 41.1 Å². The van der Waals surface area contributed by atoms with E-state index in [2.05, 4.69) is 50.2 Å². The van der Waals surface area contributed by atoms with Crippen molar-refractivity contribution in [2.45, 2.75) is 136 Å². The van der Waals surface area contributed by atoms with E-state index in [4.69, 9.17) is 0 Å². The number of nitrogens with one attached hydrogen (secondary N) is 2. The van der Waals surface area contributed by atoms with E-state index in [0.29, 0.717) is 12.6 Å². The highest BCUT2D eigenvalue weighted by molar-refractivity contribution is 5.78. The first-order chi connectivity index (χ1) is 14.7. The Morgan fingerprint density at radius 2 is 1.23 bits per heavy atom. The van der Waals surface area contributed by atoms with Crippen LogP contribution in [0.4, 0.5) is 0 Å². The Morgan fingerprint density at radius 1 is 0.700 bits per heavy atom. The highest BCUT2D eigenvalue weighted by Crippen LogP contribution is 2.18. The van der Waals surface area contributed by atoms with Crippen LogP contribution in [0.25, 0.3) is 0 Å². The van der Waals surface area contributed by atoms with Crippen molar-refractivity contribution in [1.29, 1.82) is 0 Å². The van der Waals surface area contributed by atoms with Crippen LogP contribution in [0.2, 0.25) is 0 Å². The van der Waals surface area contributed by atoms with Crippen LogP contribution in [0, 0.1) is 17.8 Å². The third-order valence-corrected chi connectivity index (χ3v) is 5.94. The maximum Gasteiger partial charge on any atom is 0.223 e. The Hall–Kier alpha value is -1.01. The van der Waals surface area contributed by atoms with E-state index in [1.54, 1.807) is 0 Å². The molecule has 0 aliphatic rings. The summed E-state index contributed by atoms with van der Waals surface area (Å²) in [4.78, 5) is 12.6. The molecule has 2 N–H and O–H groups in total. The van der Waals surface area contributed by atoms with Crippen molar-refractivity contribution >= 4 is 5.91 Å². The normalized spacial score (nSPS) is 12.8. The van der Waals surface area contributed by atoms with Gasteiger partial charge in [0.1, 0.15) is 0 Å². The van der Waals surface area contributed by atoms with Crippen LogP contribution in [0.1, 0.15) is 130 Å². The molecule has 176 valence electrons. The summed E-state index contributed by atoms with van der Waals surface area (Å²) in [6.45, 7) is 10.6. The molecule has 0 aliphatic heterocycles. The zero-order chi connectivity index (χ0) is 22.3. The third-order valence-electron chi connectivity index (χ3n) is 5.94. The number of rotatable bonds is 20. The zero-order valence-electron chi connectivity index (χ0n) is 20.8. The Balaban J connectivity index is 4.00. The second-order valence-corrected chi connectivity index (χ2v) is 8.74. The van der Waals surface area contributed by atoms with Crippen LogP contribution in [0.5, 0.6) is 0 Å². The molecule has 0 bridgehead atoms. The largest absolute Gasteiger partial charge is 0.355 e. The third kappa shape index (κ3) is 17.8. The van der Waals surface area contributed by atoms with Gasteiger partial charge in [0.05, 0.1) is 0 Å². The number of hydrogen-bond acceptors (Lipinski definition) is 2. The Morgan fingerprint density at radius 3 is 1.83 bits per heavy atom. The molecule has 0 heterocycles. The number of carbonyl (C=O) groups is 1. The molecule has 0 saturated heterocycles. The molecule has 0 saturated carbocycles. The molecule has 30 heavy (non-hydrogen) atoms. The van der Waals surface area contributed by atoms with Crippen LogP contribution in [0.15, 0.2) is 0 Å². The minimum absolute atomic E-state index is 0.198. The summed E-state index contributed by atoms with van der Waals surface area (Å²) in [5.74, 6) is 6.94. The van der Waals surface area contributed by atoms with Gasteiger partial charge in [-0.05, 0) is 25.7 Å². The van der Waals surface area contributed by atoms with Gasteiger partial charge in [-0.3, -0.25) is 4.79 Å². The van der Waals surface area contributed by atoms with E-state index in [1.807, 2.05) is 0 Å². The van der Waals surface area contributed by atoms with E-state index < -0.39 is 0 Å². The monoisotopic (exact) mass is 420 g/mol. The smallest absolute Gasteiger partial charge is 0.223 e. The molecule has 0 radical (unpaired) electrons. The summed E-state index contributed by atoms with van der Waals surface area (Å²) in [5.41, 5.74) is 0. The summed E-state index contributed by atoms with van der Waals surface area (Å²) in [6, 6.07) is 0.639. The van der Waals surface area contributed by atoms with Crippen LogP contribution in [-0.4, -0.2) is 25.0 Å². The van der Waals surface area contributed by atoms with Gasteiger partial charge in [0.25, 0.3) is 0 Å². The van der Waals surface area contributed by atoms with Crippen molar-refractivity contribution < 1.29 is 4.79 Å². The molecule has 0 fully saturated rings. The molecular formula is C27H52N2O. The van der Waals surface area contributed by atoms with Crippen molar-refractivity contribution in [3.8, 4) is 11.8 Å². The Kier molecular flexibility index (Phi) is 21.9. The van der Waals surface area contributed by atoms with Crippen LogP contribution >= 0.6 is 0 Å². The number of unbranched alkanes of at least 4 members (excludes halogenated alkanes) is 7. The number of carbonyl (C=O) groups excluding carboxylic acids is 1. The van der Waals surface area contributed by atoms with Gasteiger partial charge in [0.15, 0.2) is 0 Å². The van der Waals surface area contributed by atoms with Crippen molar-refractivity contribution in [3.05, 3.63) is 0 Å². The highest BCUT2D eigenvalue weighted by atomic mass is 16.1. The molecule has 1 amide bonds. The average molecular weight is 421 g/mol. The van der Waals surface area contributed by atoms with Gasteiger partial charge in [-0.2, -0.15) is 0 Å². The summed E-state index contributed by atoms with van der Waals surface area (Å²) < 4.78 is 0. The maximum atomic E-state index is 12.6. The maximum absolute atomic E-state index is 12.6. The van der Waals surface area contributed by atoms with Gasteiger partial charge in [0.2, 0.25) is 5.91 Å². The van der Waals surface area contributed by atoms with Gasteiger partial charge in [-0.1, -0.05) is 91.9 Å². The molecule has 0 rings (SSSR count). The van der Waals surface area contributed by atoms with Crippen molar-refractivity contribution in [2.75, 3.05) is 13.1 Å². The lowest BCUT2D eigenvalue weighted by atomic mass is 9.94. The van der Waals surface area contributed by atoms with Gasteiger partial charge in [-0.15, -0.1) is 11.8 Å². The lowest BCUT2D eigenvalue weighted by Crippen LogP contribution is -2.31. The molecule has 0 aliphatic carbocycles. The first-order valence-electron chi connectivity index (χ1n) is 13.2. The van der Waals surface area contributed by atoms with E-state index >= 15 is 0 Å². The Bertz CT molecular complexity index is 438. The van der Waals surface area contributed by atoms with Gasteiger partial charge < -0.3 is 10.6 Å². The van der Waals surface area contributed by atoms with E-state index in [-0.39, 0.29) is 11.8 Å². The molecule has 3 heteroatoms. The molecule has 0 aromatic heterocycles. The summed E-state index contributed by atoms with van der Waals surface area (Å²) in [7, 11) is 0. The zero-order valence-corrected chi connectivity index (χ0v) is 20.8. The van der Waals surface area contributed by atoms with Crippen LogP contribution < -0.4 is 10.6 Å². The molecule has 0 spiro atoms. The molecule has 2 atom stereocenters. The van der Waals surface area contributed by atoms with Gasteiger partial charge in [-0.25, -0.2) is 0 Å². The SMILES string of the molecule is CCCCCCC(CCCCC)C(=O)NCCC#CCCNC(CC)CCCCC. The Labute approximate surface area is 188 Å². The molecule has 0 aromatic rings. The predicted molar refractivity (Wildman–Crippen MR) is 133 cm³/mol. The lowest BCUT2D eigenvalue weighted by Gasteiger charge is -2.16. The minimum Gasteiger partial charge on any atom is -0.355 e. The van der Waals surface area contributed by atoms with E-state index in [9.17, 15) is 4.79 Å². The highest BCUT2D eigenvalue weighted by Gasteiger charge is 2.16. The van der Waals surface area contributed by atoms with Crippen molar-refractivity contribution in [3.63, 3.8) is 0 Å². The molecule has 2 unspecified atom stereocenters. The lowest BCUT2D eigenvalue weighted by molar-refractivity contribution is -0.125. The second-order valence-electron chi connectivity index (χ2n) is 8.74. The predicted octanol–water partition coefficient (Wildman–Crippen LogP) is 7.00. The molecular weight excluding hydrogens is 368 g/mol. The van der Waals surface area contributed by atoms with E-state index in [1.165, 1.54) is 77.0 Å². The first-order valence-corrected chi connectivity index (χ1v) is 13.2. The fraction of sp³-hybridized carbons (Fsp3) is 0.889. The molecule has 3 nitrogen and oxygen atoms in total. The number of amides is 1. The fourth-order valence-corrected chi connectivity index (χ4v) is 3.86. The van der Waals surface area contributed by atoms with Gasteiger partial charge in [0, 0.05) is 37.9 Å². The quantitative estimate of drug-likeness (QED) is 0.164. The minimum atomic E-state index is 0.198. The van der Waals surface area contributed by atoms with Crippen molar-refractivity contribution in [1.82, 2.24) is 10.6 Å². The van der Waals surface area contributed by atoms with Crippen molar-refractivity contribution in [2.24, 2.45) is 5.92 Å². The van der Waals surface area contributed by atoms with E-state index in [0.717, 1.165) is 32.2 Å². The summed E-state index contributed by atoms with van der Waals surface area (Å²) >= 11 is 0. The summed E-state index contributed by atoms with van der Waals surface area (Å²) in [6.07, 6.45) is 18.8. The second kappa shape index (κ2) is 22.7. The number of hydrogen-bond donors (Lipinski definition) is 2. The van der Waals surface area contributed by atoms with Crippen LogP contribution in [-0.2, 0) is 4.79 Å². The van der Waals surface area contributed by atoms with Crippen LogP contribution in [0.3, 0.4) is 0 Å². The fourth-order valence-electron chi connectivity index (χ4n) is 3.86. The average Bonchev–Trinajstić information content (AvgIpc) is 2.75. The first kappa shape index (κ1) is 29.0. The summed E-state index contributed by atoms with van der Waals surface area (Å²) in [5, 5.41) is 6.77.